The van der Waals surface area contributed by atoms with Crippen molar-refractivity contribution in [2.45, 2.75) is 37.4 Å². The molecule has 0 aliphatic heterocycles. The molecule has 0 unspecified atom stereocenters. The lowest BCUT2D eigenvalue weighted by atomic mass is 10.1. The van der Waals surface area contributed by atoms with E-state index in [0.29, 0.717) is 12.1 Å². The van der Waals surface area contributed by atoms with Crippen molar-refractivity contribution in [1.29, 1.82) is 0 Å². The number of aromatic nitrogens is 2. The van der Waals surface area contributed by atoms with Gasteiger partial charge in [-0.2, -0.15) is 13.2 Å². The highest BCUT2D eigenvalue weighted by Crippen LogP contribution is 2.36. The van der Waals surface area contributed by atoms with E-state index < -0.39 is 11.7 Å². The van der Waals surface area contributed by atoms with Crippen molar-refractivity contribution in [1.82, 2.24) is 9.38 Å². The van der Waals surface area contributed by atoms with E-state index in [4.69, 9.17) is 5.73 Å². The van der Waals surface area contributed by atoms with Crippen molar-refractivity contribution in [3.63, 3.8) is 0 Å². The van der Waals surface area contributed by atoms with Gasteiger partial charge in [-0.3, -0.25) is 0 Å². The van der Waals surface area contributed by atoms with Crippen LogP contribution in [0.4, 0.5) is 13.2 Å². The second-order valence-corrected chi connectivity index (χ2v) is 5.28. The smallest absolute Gasteiger partial charge is 0.325 e. The van der Waals surface area contributed by atoms with E-state index in [0.717, 1.165) is 37.2 Å². The molecule has 0 bridgehead atoms. The summed E-state index contributed by atoms with van der Waals surface area (Å²) in [5.41, 5.74) is 6.58. The summed E-state index contributed by atoms with van der Waals surface area (Å²) in [7, 11) is 0. The van der Waals surface area contributed by atoms with E-state index >= 15 is 0 Å². The van der Waals surface area contributed by atoms with Crippen LogP contribution in [-0.2, 0) is 12.6 Å². The molecule has 0 saturated heterocycles. The van der Waals surface area contributed by atoms with Crippen LogP contribution >= 0.6 is 0 Å². The SMILES string of the molecule is NC1(CCc2cn3cc(C(F)(F)F)ccc3n2)CC1. The van der Waals surface area contributed by atoms with Crippen LogP contribution in [0, 0.1) is 0 Å². The van der Waals surface area contributed by atoms with E-state index in [-0.39, 0.29) is 5.54 Å². The lowest BCUT2D eigenvalue weighted by Gasteiger charge is -2.06. The minimum Gasteiger partial charge on any atom is -0.325 e. The summed E-state index contributed by atoms with van der Waals surface area (Å²) in [6.07, 6.45) is 1.99. The van der Waals surface area contributed by atoms with E-state index in [9.17, 15) is 13.2 Å². The molecule has 3 rings (SSSR count). The number of pyridine rings is 1. The molecule has 2 aromatic heterocycles. The molecular weight excluding hydrogens is 255 g/mol. The minimum atomic E-state index is -4.33. The fourth-order valence-electron chi connectivity index (χ4n) is 2.12. The molecule has 1 aliphatic carbocycles. The van der Waals surface area contributed by atoms with Gasteiger partial charge in [-0.05, 0) is 37.8 Å². The van der Waals surface area contributed by atoms with Crippen LogP contribution in [0.25, 0.3) is 5.65 Å². The second-order valence-electron chi connectivity index (χ2n) is 5.28. The van der Waals surface area contributed by atoms with Gasteiger partial charge in [0.05, 0.1) is 11.3 Å². The summed E-state index contributed by atoms with van der Waals surface area (Å²) in [4.78, 5) is 4.31. The van der Waals surface area contributed by atoms with Crippen LogP contribution in [0.5, 0.6) is 0 Å². The summed E-state index contributed by atoms with van der Waals surface area (Å²) in [6.45, 7) is 0. The molecule has 3 nitrogen and oxygen atoms in total. The van der Waals surface area contributed by atoms with E-state index in [2.05, 4.69) is 4.98 Å². The van der Waals surface area contributed by atoms with Gasteiger partial charge >= 0.3 is 6.18 Å². The molecule has 1 aliphatic rings. The highest BCUT2D eigenvalue weighted by molar-refractivity contribution is 5.42. The molecule has 19 heavy (non-hydrogen) atoms. The Balaban J connectivity index is 1.84. The highest BCUT2D eigenvalue weighted by atomic mass is 19.4. The fraction of sp³-hybridized carbons (Fsp3) is 0.462. The fourth-order valence-corrected chi connectivity index (χ4v) is 2.12. The van der Waals surface area contributed by atoms with Gasteiger partial charge in [-0.15, -0.1) is 0 Å². The highest BCUT2D eigenvalue weighted by Gasteiger charge is 2.37. The third kappa shape index (κ3) is 2.58. The average Bonchev–Trinajstić information content (AvgIpc) is 2.91. The topological polar surface area (TPSA) is 43.3 Å². The number of rotatable bonds is 3. The predicted molar refractivity (Wildman–Crippen MR) is 64.7 cm³/mol. The molecule has 0 atom stereocenters. The van der Waals surface area contributed by atoms with Crippen LogP contribution in [0.15, 0.2) is 24.5 Å². The molecule has 102 valence electrons. The van der Waals surface area contributed by atoms with Crippen LogP contribution in [0.1, 0.15) is 30.5 Å². The van der Waals surface area contributed by atoms with Crippen LogP contribution in [-0.4, -0.2) is 14.9 Å². The lowest BCUT2D eigenvalue weighted by molar-refractivity contribution is -0.137. The maximum Gasteiger partial charge on any atom is 0.417 e. The molecule has 6 heteroatoms. The summed E-state index contributed by atoms with van der Waals surface area (Å²) in [5.74, 6) is 0. The molecule has 0 spiro atoms. The Morgan fingerprint density at radius 3 is 2.63 bits per heavy atom. The number of nitrogens with zero attached hydrogens (tertiary/aromatic N) is 2. The van der Waals surface area contributed by atoms with Crippen molar-refractivity contribution in [3.05, 3.63) is 35.8 Å². The summed E-state index contributed by atoms with van der Waals surface area (Å²) < 4.78 is 39.2. The van der Waals surface area contributed by atoms with Crippen molar-refractivity contribution in [2.75, 3.05) is 0 Å². The Morgan fingerprint density at radius 1 is 1.26 bits per heavy atom. The largest absolute Gasteiger partial charge is 0.417 e. The number of hydrogen-bond acceptors (Lipinski definition) is 2. The van der Waals surface area contributed by atoms with Gasteiger partial charge in [0.1, 0.15) is 5.65 Å². The van der Waals surface area contributed by atoms with Gasteiger partial charge in [-0.1, -0.05) is 0 Å². The van der Waals surface area contributed by atoms with Crippen molar-refractivity contribution in [3.8, 4) is 0 Å². The molecule has 0 aromatic carbocycles. The van der Waals surface area contributed by atoms with Crippen LogP contribution < -0.4 is 5.73 Å². The second kappa shape index (κ2) is 3.96. The minimum absolute atomic E-state index is 0.0626. The Hall–Kier alpha value is -1.56. The van der Waals surface area contributed by atoms with Gasteiger partial charge < -0.3 is 10.1 Å². The van der Waals surface area contributed by atoms with Gasteiger partial charge in [0.25, 0.3) is 0 Å². The number of fused-ring (bicyclic) bond motifs is 1. The zero-order valence-corrected chi connectivity index (χ0v) is 10.2. The molecular formula is C13H14F3N3. The Kier molecular flexibility index (Phi) is 2.60. The van der Waals surface area contributed by atoms with Crippen molar-refractivity contribution in [2.24, 2.45) is 5.73 Å². The number of imidazole rings is 1. The molecule has 2 N–H and O–H groups in total. The van der Waals surface area contributed by atoms with Crippen molar-refractivity contribution < 1.29 is 13.2 Å². The molecule has 1 saturated carbocycles. The van der Waals surface area contributed by atoms with Gasteiger partial charge in [-0.25, -0.2) is 4.98 Å². The standard InChI is InChI=1S/C13H14F3N3/c14-13(15,16)9-1-2-11-18-10(8-19(11)7-9)3-4-12(17)5-6-12/h1-2,7-8H,3-6,17H2. The molecule has 2 aromatic rings. The normalized spacial score (nSPS) is 17.9. The lowest BCUT2D eigenvalue weighted by Crippen LogP contribution is -2.22. The number of alkyl halides is 3. The monoisotopic (exact) mass is 269 g/mol. The maximum atomic E-state index is 12.6. The Bertz CT molecular complexity index is 611. The molecule has 1 fully saturated rings. The summed E-state index contributed by atoms with van der Waals surface area (Å²) in [5, 5.41) is 0. The first kappa shape index (κ1) is 12.5. The van der Waals surface area contributed by atoms with Crippen molar-refractivity contribution >= 4 is 5.65 Å². The van der Waals surface area contributed by atoms with Crippen LogP contribution in [0.2, 0.25) is 0 Å². The van der Waals surface area contributed by atoms with E-state index in [1.807, 2.05) is 0 Å². The van der Waals surface area contributed by atoms with E-state index in [1.165, 1.54) is 10.5 Å². The third-order valence-corrected chi connectivity index (χ3v) is 3.60. The number of halogens is 3. The average molecular weight is 269 g/mol. The molecule has 0 radical (unpaired) electrons. The zero-order valence-electron chi connectivity index (χ0n) is 10.2. The first-order valence-electron chi connectivity index (χ1n) is 6.20. The van der Waals surface area contributed by atoms with E-state index in [1.54, 1.807) is 6.20 Å². The quantitative estimate of drug-likeness (QED) is 0.931. The van der Waals surface area contributed by atoms with Gasteiger partial charge in [0.15, 0.2) is 0 Å². The van der Waals surface area contributed by atoms with Crippen LogP contribution in [0.3, 0.4) is 0 Å². The molecule has 2 heterocycles. The number of nitrogens with two attached hydrogens (primary N) is 1. The first-order chi connectivity index (χ1) is 8.86. The number of aryl methyl sites for hydroxylation is 1. The zero-order chi connectivity index (χ0) is 13.7. The Labute approximate surface area is 108 Å². The molecule has 0 amide bonds. The third-order valence-electron chi connectivity index (χ3n) is 3.60. The summed E-state index contributed by atoms with van der Waals surface area (Å²) in [6, 6.07) is 2.44. The first-order valence-corrected chi connectivity index (χ1v) is 6.20. The predicted octanol–water partition coefficient (Wildman–Crippen LogP) is 2.78. The summed E-state index contributed by atoms with van der Waals surface area (Å²) >= 11 is 0. The Morgan fingerprint density at radius 2 is 2.00 bits per heavy atom. The maximum absolute atomic E-state index is 12.6. The van der Waals surface area contributed by atoms with Gasteiger partial charge in [0.2, 0.25) is 0 Å². The number of hydrogen-bond donors (Lipinski definition) is 1. The van der Waals surface area contributed by atoms with Gasteiger partial charge in [0, 0.05) is 17.9 Å².